The molecule has 0 saturated heterocycles. The number of hydrogen-bond acceptors (Lipinski definition) is 2. The van der Waals surface area contributed by atoms with Gasteiger partial charge in [-0.05, 0) is 37.5 Å². The predicted molar refractivity (Wildman–Crippen MR) is 83.1 cm³/mol. The maximum Gasteiger partial charge on any atom is 0.143 e. The van der Waals surface area contributed by atoms with Gasteiger partial charge in [-0.25, -0.2) is 0 Å². The quantitative estimate of drug-likeness (QED) is 0.553. The molecule has 0 aliphatic carbocycles. The van der Waals surface area contributed by atoms with E-state index >= 15 is 0 Å². The summed E-state index contributed by atoms with van der Waals surface area (Å²) in [5.74, 6) is 2.12. The highest BCUT2D eigenvalue weighted by atomic mass is 16.5. The first-order valence-electron chi connectivity index (χ1n) is 6.59. The van der Waals surface area contributed by atoms with Gasteiger partial charge in [-0.1, -0.05) is 44.2 Å². The summed E-state index contributed by atoms with van der Waals surface area (Å²) in [5.41, 5.74) is 2.05. The zero-order valence-electron chi connectivity index (χ0n) is 12.5. The average Bonchev–Trinajstić information content (AvgIpc) is 2.37. The van der Waals surface area contributed by atoms with Crippen LogP contribution in [-0.2, 0) is 4.74 Å². The molecule has 1 aromatic carbocycles. The van der Waals surface area contributed by atoms with Crippen LogP contribution in [0.2, 0.25) is 0 Å². The van der Waals surface area contributed by atoms with Crippen LogP contribution in [0.15, 0.2) is 52.9 Å². The normalized spacial score (nSPS) is 13.9. The van der Waals surface area contributed by atoms with E-state index < -0.39 is 0 Å². The van der Waals surface area contributed by atoms with Crippen LogP contribution < -0.4 is 0 Å². The molecule has 0 heterocycles. The van der Waals surface area contributed by atoms with Crippen LogP contribution in [0.4, 0.5) is 0 Å². The lowest BCUT2D eigenvalue weighted by molar-refractivity contribution is 0.330. The Labute approximate surface area is 116 Å². The minimum Gasteiger partial charge on any atom is -0.460 e. The summed E-state index contributed by atoms with van der Waals surface area (Å²) in [6.45, 7) is 8.18. The maximum absolute atomic E-state index is 5.91. The Balaban J connectivity index is 2.89. The molecule has 0 N–H and O–H groups in total. The molecule has 0 aliphatic heterocycles. The monoisotopic (exact) mass is 257 g/mol. The van der Waals surface area contributed by atoms with E-state index in [-0.39, 0.29) is 0 Å². The van der Waals surface area contributed by atoms with Crippen LogP contribution >= 0.6 is 0 Å². The van der Waals surface area contributed by atoms with Crippen molar-refractivity contribution in [1.82, 2.24) is 0 Å². The summed E-state index contributed by atoms with van der Waals surface area (Å²) in [6, 6.07) is 10.1. The molecule has 0 radical (unpaired) electrons. The van der Waals surface area contributed by atoms with Crippen LogP contribution in [-0.4, -0.2) is 12.8 Å². The minimum atomic E-state index is 0.427. The van der Waals surface area contributed by atoms with E-state index in [1.165, 1.54) is 0 Å². The Morgan fingerprint density at radius 1 is 1.16 bits per heavy atom. The fourth-order valence-electron chi connectivity index (χ4n) is 1.63. The molecule has 2 heteroatoms. The smallest absolute Gasteiger partial charge is 0.143 e. The molecule has 0 unspecified atom stereocenters. The van der Waals surface area contributed by atoms with Crippen molar-refractivity contribution in [3.8, 4) is 0 Å². The van der Waals surface area contributed by atoms with Crippen molar-refractivity contribution in [2.75, 3.05) is 7.05 Å². The van der Waals surface area contributed by atoms with Crippen LogP contribution in [0.1, 0.15) is 33.3 Å². The van der Waals surface area contributed by atoms with E-state index in [1.807, 2.05) is 38.1 Å². The SMILES string of the molecule is CN=C(C)/C(=C/C(C)C)O/C(C)=C\c1ccccc1. The summed E-state index contributed by atoms with van der Waals surface area (Å²) >= 11 is 0. The molecule has 0 aliphatic rings. The van der Waals surface area contributed by atoms with E-state index in [2.05, 4.69) is 37.0 Å². The molecular formula is C17H23NO. The van der Waals surface area contributed by atoms with Gasteiger partial charge in [-0.15, -0.1) is 0 Å². The van der Waals surface area contributed by atoms with E-state index in [4.69, 9.17) is 4.74 Å². The maximum atomic E-state index is 5.91. The van der Waals surface area contributed by atoms with E-state index in [1.54, 1.807) is 7.05 Å². The largest absolute Gasteiger partial charge is 0.460 e. The number of hydrogen-bond donors (Lipinski definition) is 0. The van der Waals surface area contributed by atoms with E-state index in [0.29, 0.717) is 5.92 Å². The van der Waals surface area contributed by atoms with Gasteiger partial charge in [0.1, 0.15) is 11.5 Å². The molecule has 0 saturated carbocycles. The summed E-state index contributed by atoms with van der Waals surface area (Å²) in [5, 5.41) is 0. The summed E-state index contributed by atoms with van der Waals surface area (Å²) in [7, 11) is 1.78. The molecule has 0 spiro atoms. The lowest BCUT2D eigenvalue weighted by atomic mass is 10.1. The predicted octanol–water partition coefficient (Wildman–Crippen LogP) is 4.69. The van der Waals surface area contributed by atoms with Gasteiger partial charge in [0.2, 0.25) is 0 Å². The van der Waals surface area contributed by atoms with Crippen molar-refractivity contribution >= 4 is 11.8 Å². The Kier molecular flexibility index (Phi) is 6.07. The van der Waals surface area contributed by atoms with Crippen LogP contribution in [0, 0.1) is 5.92 Å². The van der Waals surface area contributed by atoms with Gasteiger partial charge >= 0.3 is 0 Å². The molecule has 0 fully saturated rings. The zero-order chi connectivity index (χ0) is 14.3. The van der Waals surface area contributed by atoms with Crippen molar-refractivity contribution in [3.63, 3.8) is 0 Å². The molecular weight excluding hydrogens is 234 g/mol. The van der Waals surface area contributed by atoms with Crippen LogP contribution in [0.3, 0.4) is 0 Å². The molecule has 0 atom stereocenters. The topological polar surface area (TPSA) is 21.6 Å². The molecule has 0 aromatic heterocycles. The highest BCUT2D eigenvalue weighted by molar-refractivity contribution is 5.96. The molecule has 2 nitrogen and oxygen atoms in total. The summed E-state index contributed by atoms with van der Waals surface area (Å²) in [4.78, 5) is 4.20. The third-order valence-corrected chi connectivity index (χ3v) is 2.62. The first-order chi connectivity index (χ1) is 9.02. The second-order valence-corrected chi connectivity index (χ2v) is 4.85. The Morgan fingerprint density at radius 3 is 2.32 bits per heavy atom. The Hall–Kier alpha value is -1.83. The molecule has 0 amide bonds. The molecule has 102 valence electrons. The first-order valence-corrected chi connectivity index (χ1v) is 6.59. The molecule has 1 rings (SSSR count). The van der Waals surface area contributed by atoms with Crippen LogP contribution in [0.25, 0.3) is 6.08 Å². The third-order valence-electron chi connectivity index (χ3n) is 2.62. The second kappa shape index (κ2) is 7.57. The third kappa shape index (κ3) is 5.56. The summed E-state index contributed by atoms with van der Waals surface area (Å²) in [6.07, 6.45) is 4.11. The van der Waals surface area contributed by atoms with Crippen molar-refractivity contribution < 1.29 is 4.74 Å². The number of allylic oxidation sites excluding steroid dienone is 3. The van der Waals surface area contributed by atoms with Gasteiger partial charge in [-0.3, -0.25) is 4.99 Å². The van der Waals surface area contributed by atoms with Gasteiger partial charge in [0.05, 0.1) is 5.71 Å². The van der Waals surface area contributed by atoms with Gasteiger partial charge in [0, 0.05) is 7.05 Å². The van der Waals surface area contributed by atoms with Crippen molar-refractivity contribution in [2.24, 2.45) is 10.9 Å². The lowest BCUT2D eigenvalue weighted by Crippen LogP contribution is -2.03. The van der Waals surface area contributed by atoms with E-state index in [9.17, 15) is 0 Å². The van der Waals surface area contributed by atoms with Gasteiger partial charge < -0.3 is 4.74 Å². The zero-order valence-corrected chi connectivity index (χ0v) is 12.5. The second-order valence-electron chi connectivity index (χ2n) is 4.85. The summed E-state index contributed by atoms with van der Waals surface area (Å²) < 4.78 is 5.91. The van der Waals surface area contributed by atoms with Gasteiger partial charge in [0.25, 0.3) is 0 Å². The standard InChI is InChI=1S/C17H23NO/c1-13(2)11-17(15(4)18-5)19-14(3)12-16-9-7-6-8-10-16/h6-13H,1-5H3/b14-12-,17-11-,18-15?. The first kappa shape index (κ1) is 15.2. The number of aliphatic imine (C=N–C) groups is 1. The number of benzene rings is 1. The molecule has 1 aromatic rings. The number of ether oxygens (including phenoxy) is 1. The lowest BCUT2D eigenvalue weighted by Gasteiger charge is -2.11. The van der Waals surface area contributed by atoms with E-state index in [0.717, 1.165) is 22.8 Å². The fraction of sp³-hybridized carbons (Fsp3) is 0.353. The highest BCUT2D eigenvalue weighted by Crippen LogP contribution is 2.14. The van der Waals surface area contributed by atoms with Crippen LogP contribution in [0.5, 0.6) is 0 Å². The molecule has 0 bridgehead atoms. The van der Waals surface area contributed by atoms with Gasteiger partial charge in [-0.2, -0.15) is 0 Å². The highest BCUT2D eigenvalue weighted by Gasteiger charge is 2.05. The fourth-order valence-corrected chi connectivity index (χ4v) is 1.63. The number of nitrogens with zero attached hydrogens (tertiary/aromatic N) is 1. The number of rotatable bonds is 5. The van der Waals surface area contributed by atoms with Gasteiger partial charge in [0.15, 0.2) is 0 Å². The minimum absolute atomic E-state index is 0.427. The van der Waals surface area contributed by atoms with Crippen molar-refractivity contribution in [3.05, 3.63) is 53.5 Å². The Bertz CT molecular complexity index is 481. The van der Waals surface area contributed by atoms with Crippen molar-refractivity contribution in [1.29, 1.82) is 0 Å². The average molecular weight is 257 g/mol. The Morgan fingerprint density at radius 2 is 1.79 bits per heavy atom. The molecule has 19 heavy (non-hydrogen) atoms. The van der Waals surface area contributed by atoms with Crippen molar-refractivity contribution in [2.45, 2.75) is 27.7 Å².